The van der Waals surface area contributed by atoms with Crippen LogP contribution in [0.4, 0.5) is 0 Å². The zero-order valence-electron chi connectivity index (χ0n) is 61.4. The standard InChI is InChI=1S/C67H126N12O15/c1-22-45(9)68-30-57(84)73(46(10)23-2)39-59(86)70(32-54(18)81)35-62(89)78(51(15)28-7)43-66(93)75(48(12)25-4)41-61(88)72(34-56(20)83)37-64(91)79(52(16)29-8)44-67(94)76(49(13)26-5)40-60(87)71(33-55(19)82)36-63(90)77(50(14)27-6)42-65(92)74(47(11)24-3)38-58(85)69(21)31-53(17)80/h45-56,68,80-83H,22-44H2,1-21H3. The molecule has 0 aliphatic rings. The van der Waals surface area contributed by atoms with Gasteiger partial charge in [0.2, 0.25) is 65.0 Å². The van der Waals surface area contributed by atoms with Crippen LogP contribution in [0.3, 0.4) is 0 Å². The van der Waals surface area contributed by atoms with Crippen LogP contribution in [-0.2, 0) is 52.7 Å². The number of nitrogens with one attached hydrogen (secondary N) is 1. The van der Waals surface area contributed by atoms with E-state index in [1.165, 1.54) is 71.9 Å². The van der Waals surface area contributed by atoms with Crippen molar-refractivity contribution in [2.24, 2.45) is 0 Å². The molecule has 5 N–H and O–H groups in total. The second-order valence-electron chi connectivity index (χ2n) is 26.1. The van der Waals surface area contributed by atoms with Gasteiger partial charge in [-0.15, -0.1) is 0 Å². The maximum absolute atomic E-state index is 14.7. The zero-order valence-corrected chi connectivity index (χ0v) is 61.4. The minimum atomic E-state index is -1.16. The Kier molecular flexibility index (Phi) is 41.8. The van der Waals surface area contributed by atoms with Gasteiger partial charge in [-0.2, -0.15) is 0 Å². The molecule has 0 rings (SSSR count). The third-order valence-electron chi connectivity index (χ3n) is 17.9. The number of carbonyl (C=O) groups is 11. The molecule has 27 nitrogen and oxygen atoms in total. The number of nitrogens with zero attached hydrogens (tertiary/aromatic N) is 11. The number of aliphatic hydroxyl groups is 4. The van der Waals surface area contributed by atoms with E-state index >= 15 is 0 Å². The average molecular weight is 1340 g/mol. The van der Waals surface area contributed by atoms with E-state index in [4.69, 9.17) is 0 Å². The normalized spacial score (nSPS) is 15.2. The van der Waals surface area contributed by atoms with E-state index < -0.39 is 172 Å². The van der Waals surface area contributed by atoms with E-state index in [0.717, 1.165) is 16.2 Å². The maximum atomic E-state index is 14.7. The number of aliphatic hydroxyl groups excluding tert-OH is 4. The van der Waals surface area contributed by atoms with Crippen LogP contribution < -0.4 is 5.32 Å². The molecule has 0 radical (unpaired) electrons. The number of likely N-dealkylation sites (N-methyl/N-ethyl adjacent to an activating group) is 1. The molecule has 0 aliphatic carbocycles. The molecule has 0 saturated heterocycles. The molecular formula is C67H126N12O15. The predicted molar refractivity (Wildman–Crippen MR) is 362 cm³/mol. The van der Waals surface area contributed by atoms with E-state index in [-0.39, 0.29) is 63.8 Å². The van der Waals surface area contributed by atoms with Gasteiger partial charge in [0.1, 0.15) is 45.8 Å². The molecule has 0 heterocycles. The van der Waals surface area contributed by atoms with Gasteiger partial charge in [-0.3, -0.25) is 52.7 Å². The Morgan fingerprint density at radius 3 is 0.660 bits per heavy atom. The number of rotatable bonds is 46. The molecule has 0 aromatic carbocycles. The fourth-order valence-corrected chi connectivity index (χ4v) is 10.2. The summed E-state index contributed by atoms with van der Waals surface area (Å²) in [4.78, 5) is 171. The molecule has 0 spiro atoms. The molecule has 11 amide bonds. The summed E-state index contributed by atoms with van der Waals surface area (Å²) in [6.45, 7) is 29.0. The Morgan fingerprint density at radius 1 is 0.266 bits per heavy atom. The van der Waals surface area contributed by atoms with Crippen LogP contribution in [0.25, 0.3) is 0 Å². The third kappa shape index (κ3) is 30.4. The Morgan fingerprint density at radius 2 is 0.457 bits per heavy atom. The molecule has 0 aromatic heterocycles. The fraction of sp³-hybridized carbons (Fsp3) is 0.836. The first-order valence-electron chi connectivity index (χ1n) is 34.4. The lowest BCUT2D eigenvalue weighted by molar-refractivity contribution is -0.152. The first-order valence-corrected chi connectivity index (χ1v) is 34.4. The van der Waals surface area contributed by atoms with Crippen LogP contribution in [0.2, 0.25) is 0 Å². The molecular weight excluding hydrogens is 1210 g/mol. The van der Waals surface area contributed by atoms with Crippen molar-refractivity contribution >= 4 is 65.0 Å². The highest BCUT2D eigenvalue weighted by Crippen LogP contribution is 2.18. The summed E-state index contributed by atoms with van der Waals surface area (Å²) in [6, 6.07) is -3.46. The second-order valence-corrected chi connectivity index (χ2v) is 26.1. The quantitative estimate of drug-likeness (QED) is 0.0584. The highest BCUT2D eigenvalue weighted by Gasteiger charge is 2.37. The smallest absolute Gasteiger partial charge is 0.242 e. The van der Waals surface area contributed by atoms with Crippen molar-refractivity contribution in [1.29, 1.82) is 0 Å². The molecule has 12 unspecified atom stereocenters. The van der Waals surface area contributed by atoms with E-state index in [0.29, 0.717) is 44.9 Å². The lowest BCUT2D eigenvalue weighted by Gasteiger charge is -2.37. The Labute approximate surface area is 563 Å². The Hall–Kier alpha value is -6.03. The van der Waals surface area contributed by atoms with Gasteiger partial charge in [-0.05, 0) is 134 Å². The molecule has 544 valence electrons. The van der Waals surface area contributed by atoms with E-state index in [9.17, 15) is 73.2 Å². The first-order chi connectivity index (χ1) is 43.8. The SMILES string of the molecule is CCC(C)NCC(=O)N(CC(=O)N(CC(=O)N(CC(=O)N(CC(=O)N(CC(=O)N(CC(=O)N(CC(=O)N(CC(=O)N(CC(=O)N(CC(=O)N(C)CC(C)O)C(C)CC)C(C)CC)CC(C)O)C(C)CC)C(C)CC)CC(C)O)C(C)CC)C(C)CC)CC(C)O)C(C)CC. The van der Waals surface area contributed by atoms with Crippen LogP contribution in [0.15, 0.2) is 0 Å². The van der Waals surface area contributed by atoms with Crippen LogP contribution >= 0.6 is 0 Å². The van der Waals surface area contributed by atoms with Crippen molar-refractivity contribution < 1.29 is 73.2 Å². The molecule has 0 saturated carbocycles. The van der Waals surface area contributed by atoms with Crippen molar-refractivity contribution in [3.63, 3.8) is 0 Å². The van der Waals surface area contributed by atoms with Crippen molar-refractivity contribution in [2.75, 3.05) is 105 Å². The molecule has 94 heavy (non-hydrogen) atoms. The molecule has 0 aromatic rings. The van der Waals surface area contributed by atoms with Crippen LogP contribution in [0.5, 0.6) is 0 Å². The first kappa shape index (κ1) is 88.0. The number of hydrogen-bond acceptors (Lipinski definition) is 16. The molecule has 27 heteroatoms. The lowest BCUT2D eigenvalue weighted by Crippen LogP contribution is -2.57. The summed E-state index contributed by atoms with van der Waals surface area (Å²) in [6.07, 6.45) is -0.375. The Balaban J connectivity index is 7.04. The minimum absolute atomic E-state index is 0.000453. The van der Waals surface area contributed by atoms with E-state index in [1.807, 2.05) is 55.4 Å². The Bertz CT molecular complexity index is 2380. The van der Waals surface area contributed by atoms with E-state index in [1.54, 1.807) is 62.3 Å². The third-order valence-corrected chi connectivity index (χ3v) is 17.9. The lowest BCUT2D eigenvalue weighted by atomic mass is 10.1. The van der Waals surface area contributed by atoms with Crippen molar-refractivity contribution in [1.82, 2.24) is 59.2 Å². The van der Waals surface area contributed by atoms with Crippen LogP contribution in [0, 0.1) is 0 Å². The molecule has 0 fully saturated rings. The fourth-order valence-electron chi connectivity index (χ4n) is 10.2. The van der Waals surface area contributed by atoms with Gasteiger partial charge in [0.15, 0.2) is 0 Å². The van der Waals surface area contributed by atoms with Crippen molar-refractivity contribution in [3.05, 3.63) is 0 Å². The van der Waals surface area contributed by atoms with Gasteiger partial charge in [0.05, 0.1) is 50.6 Å². The van der Waals surface area contributed by atoms with Gasteiger partial charge in [0, 0.05) is 81.6 Å². The van der Waals surface area contributed by atoms with Crippen molar-refractivity contribution in [2.45, 2.75) is 263 Å². The van der Waals surface area contributed by atoms with Gasteiger partial charge < -0.3 is 79.6 Å². The van der Waals surface area contributed by atoms with Gasteiger partial charge >= 0.3 is 0 Å². The molecule has 0 aliphatic heterocycles. The summed E-state index contributed by atoms with van der Waals surface area (Å²) in [7, 11) is 1.52. The monoisotopic (exact) mass is 1340 g/mol. The van der Waals surface area contributed by atoms with Gasteiger partial charge in [-0.25, -0.2) is 0 Å². The largest absolute Gasteiger partial charge is 0.392 e. The summed E-state index contributed by atoms with van der Waals surface area (Å²) in [5.41, 5.74) is 0. The minimum Gasteiger partial charge on any atom is -0.392 e. The van der Waals surface area contributed by atoms with Gasteiger partial charge in [0.25, 0.3) is 0 Å². The van der Waals surface area contributed by atoms with E-state index in [2.05, 4.69) is 5.32 Å². The van der Waals surface area contributed by atoms with Crippen LogP contribution in [-0.4, -0.2) is 317 Å². The predicted octanol–water partition coefficient (Wildman–Crippen LogP) is 2.23. The van der Waals surface area contributed by atoms with Gasteiger partial charge in [-0.1, -0.05) is 55.4 Å². The summed E-state index contributed by atoms with van der Waals surface area (Å²) >= 11 is 0. The topological polar surface area (TPSA) is 316 Å². The second kappa shape index (κ2) is 44.7. The molecule has 12 atom stereocenters. The average Bonchev–Trinajstić information content (AvgIpc) is 0.941. The highest BCUT2D eigenvalue weighted by atomic mass is 16.3. The number of carbonyl (C=O) groups excluding carboxylic acids is 11. The summed E-state index contributed by atoms with van der Waals surface area (Å²) < 4.78 is 0. The maximum Gasteiger partial charge on any atom is 0.242 e. The summed E-state index contributed by atoms with van der Waals surface area (Å²) in [5.74, 6) is -6.37. The molecule has 0 bridgehead atoms. The highest BCUT2D eigenvalue weighted by molar-refractivity contribution is 5.95. The van der Waals surface area contributed by atoms with Crippen molar-refractivity contribution in [3.8, 4) is 0 Å². The number of amides is 11. The number of hydrogen-bond donors (Lipinski definition) is 5. The summed E-state index contributed by atoms with van der Waals surface area (Å²) in [5, 5.41) is 45.0. The van der Waals surface area contributed by atoms with Crippen LogP contribution in [0.1, 0.15) is 190 Å². The zero-order chi connectivity index (χ0) is 72.6.